The molecular weight excluding hydrogens is 390 g/mol. The van der Waals surface area contributed by atoms with E-state index in [-0.39, 0.29) is 28.5 Å². The molecule has 0 aliphatic heterocycles. The van der Waals surface area contributed by atoms with Crippen LogP contribution in [0.5, 0.6) is 5.75 Å². The minimum Gasteiger partial charge on any atom is -0.481 e. The molecule has 2 N–H and O–H groups in total. The molecule has 0 aliphatic rings. The molecule has 0 radical (unpaired) electrons. The van der Waals surface area contributed by atoms with Gasteiger partial charge in [-0.3, -0.25) is 14.9 Å². The van der Waals surface area contributed by atoms with Gasteiger partial charge in [0, 0.05) is 18.2 Å². The minimum atomic E-state index is -0.734. The molecule has 0 aliphatic carbocycles. The van der Waals surface area contributed by atoms with E-state index in [0.717, 1.165) is 18.4 Å². The molecule has 0 saturated carbocycles. The Morgan fingerprint density at radius 1 is 1.13 bits per heavy atom. The molecule has 2 rings (SSSR count). The van der Waals surface area contributed by atoms with E-state index in [1.54, 1.807) is 13.8 Å². The summed E-state index contributed by atoms with van der Waals surface area (Å²) in [5, 5.41) is 2.71. The molecule has 31 heavy (non-hydrogen) atoms. The van der Waals surface area contributed by atoms with E-state index in [2.05, 4.69) is 69.0 Å². The Hall–Kier alpha value is -2.63. The number of imidazole rings is 1. The number of carbonyl (C=O) groups is 2. The SMILES string of the molecule is CCC(C)(C)c1ccc(OC(C)C(=O)Nc2nc(C(C)=O)c(C)[nH]2)c(C(C)(C)CC)c1. The average molecular weight is 428 g/mol. The van der Waals surface area contributed by atoms with Gasteiger partial charge >= 0.3 is 0 Å². The van der Waals surface area contributed by atoms with E-state index in [4.69, 9.17) is 4.74 Å². The molecule has 0 saturated heterocycles. The van der Waals surface area contributed by atoms with Crippen molar-refractivity contribution in [2.24, 2.45) is 0 Å². The summed E-state index contributed by atoms with van der Waals surface area (Å²) in [5.41, 5.74) is 3.27. The normalized spacial score (nSPS) is 13.1. The van der Waals surface area contributed by atoms with E-state index in [9.17, 15) is 9.59 Å². The molecule has 1 aromatic heterocycles. The molecule has 6 nitrogen and oxygen atoms in total. The number of aromatic amines is 1. The van der Waals surface area contributed by atoms with Gasteiger partial charge in [-0.15, -0.1) is 0 Å². The van der Waals surface area contributed by atoms with E-state index in [0.29, 0.717) is 17.1 Å². The van der Waals surface area contributed by atoms with Gasteiger partial charge in [0.2, 0.25) is 5.95 Å². The van der Waals surface area contributed by atoms with Crippen LogP contribution in [0.25, 0.3) is 0 Å². The highest BCUT2D eigenvalue weighted by atomic mass is 16.5. The van der Waals surface area contributed by atoms with Crippen LogP contribution in [0.2, 0.25) is 0 Å². The third-order valence-electron chi connectivity index (χ3n) is 6.39. The number of hydrogen-bond donors (Lipinski definition) is 2. The van der Waals surface area contributed by atoms with E-state index in [1.807, 2.05) is 6.07 Å². The number of aryl methyl sites for hydroxylation is 1. The summed E-state index contributed by atoms with van der Waals surface area (Å²) in [6.07, 6.45) is 1.24. The molecule has 2 aromatic rings. The maximum Gasteiger partial charge on any atom is 0.267 e. The van der Waals surface area contributed by atoms with Gasteiger partial charge in [-0.05, 0) is 49.1 Å². The second-order valence-corrected chi connectivity index (χ2v) is 9.55. The van der Waals surface area contributed by atoms with Crippen LogP contribution in [0.1, 0.15) is 95.5 Å². The summed E-state index contributed by atoms with van der Waals surface area (Å²) in [7, 11) is 0. The van der Waals surface area contributed by atoms with Crippen LogP contribution in [0.4, 0.5) is 5.95 Å². The van der Waals surface area contributed by atoms with Crippen molar-refractivity contribution in [3.63, 3.8) is 0 Å². The standard InChI is InChI=1S/C25H37N3O3/c1-10-24(6,7)18-12-13-20(19(14-18)25(8,9)11-2)31-17(5)22(30)28-23-26-15(3)21(27-23)16(4)29/h12-14,17H,10-11H2,1-9H3,(H2,26,27,28,30). The van der Waals surface area contributed by atoms with Crippen LogP contribution in [0.3, 0.4) is 0 Å². The fraction of sp³-hybridized carbons (Fsp3) is 0.560. The first kappa shape index (κ1) is 24.6. The number of Topliss-reactive ketones (excluding diaryl/α,β-unsaturated/α-hetero) is 1. The van der Waals surface area contributed by atoms with Gasteiger partial charge in [0.25, 0.3) is 5.91 Å². The maximum absolute atomic E-state index is 12.7. The van der Waals surface area contributed by atoms with Gasteiger partial charge in [-0.2, -0.15) is 0 Å². The van der Waals surface area contributed by atoms with Gasteiger partial charge in [0.1, 0.15) is 11.4 Å². The van der Waals surface area contributed by atoms with Crippen LogP contribution in [0.15, 0.2) is 18.2 Å². The first-order valence-corrected chi connectivity index (χ1v) is 11.0. The Balaban J connectivity index is 2.28. The number of rotatable bonds is 9. The highest BCUT2D eigenvalue weighted by Crippen LogP contribution is 2.38. The lowest BCUT2D eigenvalue weighted by atomic mass is 9.76. The number of anilines is 1. The molecule has 0 spiro atoms. The van der Waals surface area contributed by atoms with Crippen LogP contribution < -0.4 is 10.1 Å². The monoisotopic (exact) mass is 427 g/mol. The van der Waals surface area contributed by atoms with Gasteiger partial charge in [-0.25, -0.2) is 4.98 Å². The molecule has 1 amide bonds. The predicted octanol–water partition coefficient (Wildman–Crippen LogP) is 5.70. The molecule has 1 aromatic carbocycles. The quantitative estimate of drug-likeness (QED) is 0.503. The second kappa shape index (κ2) is 9.25. The average Bonchev–Trinajstić information content (AvgIpc) is 3.08. The van der Waals surface area contributed by atoms with Crippen molar-refractivity contribution in [3.8, 4) is 5.75 Å². The number of hydrogen-bond acceptors (Lipinski definition) is 4. The van der Waals surface area contributed by atoms with Crippen LogP contribution in [-0.2, 0) is 15.6 Å². The zero-order valence-electron chi connectivity index (χ0n) is 20.4. The predicted molar refractivity (Wildman–Crippen MR) is 125 cm³/mol. The number of aromatic nitrogens is 2. The van der Waals surface area contributed by atoms with E-state index >= 15 is 0 Å². The molecule has 6 heteroatoms. The fourth-order valence-electron chi connectivity index (χ4n) is 3.30. The third-order valence-corrected chi connectivity index (χ3v) is 6.39. The van der Waals surface area contributed by atoms with Crippen molar-refractivity contribution in [1.82, 2.24) is 9.97 Å². The third kappa shape index (κ3) is 5.54. The van der Waals surface area contributed by atoms with Crippen LogP contribution in [-0.4, -0.2) is 27.8 Å². The van der Waals surface area contributed by atoms with Gasteiger partial charge in [0.15, 0.2) is 11.9 Å². The highest BCUT2D eigenvalue weighted by Gasteiger charge is 2.28. The van der Waals surface area contributed by atoms with Crippen molar-refractivity contribution in [3.05, 3.63) is 40.7 Å². The number of ketones is 1. The Labute approximate surface area is 186 Å². The van der Waals surface area contributed by atoms with Crippen molar-refractivity contribution >= 4 is 17.6 Å². The summed E-state index contributed by atoms with van der Waals surface area (Å²) in [5.74, 6) is 0.477. The number of amides is 1. The summed E-state index contributed by atoms with van der Waals surface area (Å²) in [6, 6.07) is 6.30. The molecule has 1 unspecified atom stereocenters. The molecular formula is C25H37N3O3. The number of nitrogens with one attached hydrogen (secondary N) is 2. The first-order valence-electron chi connectivity index (χ1n) is 11.0. The lowest BCUT2D eigenvalue weighted by Crippen LogP contribution is -2.32. The van der Waals surface area contributed by atoms with E-state index < -0.39 is 6.10 Å². The summed E-state index contributed by atoms with van der Waals surface area (Å²) >= 11 is 0. The molecule has 170 valence electrons. The topological polar surface area (TPSA) is 84.1 Å². The second-order valence-electron chi connectivity index (χ2n) is 9.55. The number of H-pyrrole nitrogens is 1. The zero-order valence-corrected chi connectivity index (χ0v) is 20.4. The van der Waals surface area contributed by atoms with Crippen LogP contribution in [0, 0.1) is 6.92 Å². The maximum atomic E-state index is 12.7. The highest BCUT2D eigenvalue weighted by molar-refractivity contribution is 5.96. The number of ether oxygens (including phenoxy) is 1. The van der Waals surface area contributed by atoms with Gasteiger partial charge in [-0.1, -0.05) is 53.7 Å². The summed E-state index contributed by atoms with van der Waals surface area (Å²) < 4.78 is 6.13. The van der Waals surface area contributed by atoms with Crippen molar-refractivity contribution < 1.29 is 14.3 Å². The lowest BCUT2D eigenvalue weighted by Gasteiger charge is -2.31. The molecule has 1 heterocycles. The Morgan fingerprint density at radius 3 is 2.26 bits per heavy atom. The smallest absolute Gasteiger partial charge is 0.267 e. The van der Waals surface area contributed by atoms with Crippen LogP contribution >= 0.6 is 0 Å². The zero-order chi connectivity index (χ0) is 23.6. The molecule has 1 atom stereocenters. The Bertz CT molecular complexity index is 957. The van der Waals surface area contributed by atoms with Gasteiger partial charge in [0.05, 0.1) is 0 Å². The summed E-state index contributed by atoms with van der Waals surface area (Å²) in [4.78, 5) is 31.4. The number of nitrogens with zero attached hydrogens (tertiary/aromatic N) is 1. The largest absolute Gasteiger partial charge is 0.481 e. The number of benzene rings is 1. The van der Waals surface area contributed by atoms with E-state index in [1.165, 1.54) is 12.5 Å². The van der Waals surface area contributed by atoms with Crippen molar-refractivity contribution in [2.75, 3.05) is 5.32 Å². The van der Waals surface area contributed by atoms with Gasteiger partial charge < -0.3 is 9.72 Å². The number of carbonyl (C=O) groups excluding carboxylic acids is 2. The lowest BCUT2D eigenvalue weighted by molar-refractivity contribution is -0.122. The summed E-state index contributed by atoms with van der Waals surface area (Å²) in [6.45, 7) is 18.1. The van der Waals surface area contributed by atoms with Crippen molar-refractivity contribution in [2.45, 2.75) is 92.1 Å². The minimum absolute atomic E-state index is 0.0612. The Morgan fingerprint density at radius 2 is 1.74 bits per heavy atom. The molecule has 0 fully saturated rings. The fourth-order valence-corrected chi connectivity index (χ4v) is 3.30. The Kier molecular flexibility index (Phi) is 7.35. The molecule has 0 bridgehead atoms. The first-order chi connectivity index (χ1) is 14.3. The van der Waals surface area contributed by atoms with Crippen molar-refractivity contribution in [1.29, 1.82) is 0 Å².